The van der Waals surface area contributed by atoms with Gasteiger partial charge in [-0.3, -0.25) is 0 Å². The molecule has 3 nitrogen and oxygen atoms in total. The van der Waals surface area contributed by atoms with E-state index >= 15 is 0 Å². The topological polar surface area (TPSA) is 41.5 Å². The highest BCUT2D eigenvalue weighted by molar-refractivity contribution is 5.14. The van der Waals surface area contributed by atoms with Crippen LogP contribution in [-0.4, -0.2) is 37.5 Å². The lowest BCUT2D eigenvalue weighted by atomic mass is 9.86. The predicted octanol–water partition coefficient (Wildman–Crippen LogP) is 1.61. The zero-order valence-corrected chi connectivity index (χ0v) is 11.1. The fourth-order valence-corrected chi connectivity index (χ4v) is 2.16. The van der Waals surface area contributed by atoms with Crippen molar-refractivity contribution in [3.63, 3.8) is 0 Å². The van der Waals surface area contributed by atoms with Crippen molar-refractivity contribution in [2.75, 3.05) is 26.4 Å². The summed E-state index contributed by atoms with van der Waals surface area (Å²) in [6.45, 7) is 4.63. The largest absolute Gasteiger partial charge is 0.396 e. The van der Waals surface area contributed by atoms with Crippen molar-refractivity contribution in [1.29, 1.82) is 0 Å². The molecule has 1 heterocycles. The van der Waals surface area contributed by atoms with Crippen LogP contribution in [0, 0.1) is 5.41 Å². The van der Waals surface area contributed by atoms with Crippen LogP contribution >= 0.6 is 0 Å². The number of ether oxygens (including phenoxy) is 1. The lowest BCUT2D eigenvalue weighted by Crippen LogP contribution is -2.53. The molecule has 0 amide bonds. The van der Waals surface area contributed by atoms with Gasteiger partial charge in [-0.15, -0.1) is 0 Å². The van der Waals surface area contributed by atoms with Gasteiger partial charge >= 0.3 is 0 Å². The number of nitrogens with one attached hydrogen (secondary N) is 1. The van der Waals surface area contributed by atoms with Gasteiger partial charge in [0.1, 0.15) is 0 Å². The van der Waals surface area contributed by atoms with E-state index in [-0.39, 0.29) is 12.0 Å². The van der Waals surface area contributed by atoms with Crippen molar-refractivity contribution in [2.24, 2.45) is 5.41 Å². The average Bonchev–Trinajstić information content (AvgIpc) is 2.37. The minimum atomic E-state index is -0.0268. The SMILES string of the molecule is CC(CCc1ccccc1)NCC1(CO)COC1. The Hall–Kier alpha value is -0.900. The van der Waals surface area contributed by atoms with Crippen molar-refractivity contribution >= 4 is 0 Å². The summed E-state index contributed by atoms with van der Waals surface area (Å²) in [6.07, 6.45) is 2.21. The van der Waals surface area contributed by atoms with Crippen LogP contribution in [-0.2, 0) is 11.2 Å². The Labute approximate surface area is 109 Å². The van der Waals surface area contributed by atoms with Gasteiger partial charge in [0.05, 0.1) is 25.2 Å². The lowest BCUT2D eigenvalue weighted by molar-refractivity contribution is -0.135. The van der Waals surface area contributed by atoms with Crippen molar-refractivity contribution in [3.05, 3.63) is 35.9 Å². The van der Waals surface area contributed by atoms with E-state index in [0.717, 1.165) is 19.4 Å². The molecule has 1 aromatic rings. The molecule has 0 radical (unpaired) electrons. The van der Waals surface area contributed by atoms with Crippen LogP contribution in [0.5, 0.6) is 0 Å². The number of aliphatic hydroxyl groups is 1. The second-order valence-corrected chi connectivity index (χ2v) is 5.46. The van der Waals surface area contributed by atoms with Crippen LogP contribution < -0.4 is 5.32 Å². The maximum Gasteiger partial charge on any atom is 0.0579 e. The first-order chi connectivity index (χ1) is 8.74. The van der Waals surface area contributed by atoms with Gasteiger partial charge in [0.25, 0.3) is 0 Å². The maximum absolute atomic E-state index is 9.34. The number of benzene rings is 1. The van der Waals surface area contributed by atoms with Crippen LogP contribution in [0.4, 0.5) is 0 Å². The molecule has 18 heavy (non-hydrogen) atoms. The fraction of sp³-hybridized carbons (Fsp3) is 0.600. The van der Waals surface area contributed by atoms with Crippen molar-refractivity contribution < 1.29 is 9.84 Å². The summed E-state index contributed by atoms with van der Waals surface area (Å²) in [5.74, 6) is 0. The Morgan fingerprint density at radius 2 is 2.06 bits per heavy atom. The number of aryl methyl sites for hydroxylation is 1. The standard InChI is InChI=1S/C15H23NO2/c1-13(7-8-14-5-3-2-4-6-14)16-9-15(10-17)11-18-12-15/h2-6,13,16-17H,7-12H2,1H3. The van der Waals surface area contributed by atoms with Gasteiger partial charge in [0.15, 0.2) is 0 Å². The molecule has 1 unspecified atom stereocenters. The summed E-state index contributed by atoms with van der Waals surface area (Å²) < 4.78 is 5.19. The second-order valence-electron chi connectivity index (χ2n) is 5.46. The molecule has 0 spiro atoms. The van der Waals surface area contributed by atoms with Crippen molar-refractivity contribution in [2.45, 2.75) is 25.8 Å². The highest BCUT2D eigenvalue weighted by Crippen LogP contribution is 2.25. The third-order valence-electron chi connectivity index (χ3n) is 3.69. The fourth-order valence-electron chi connectivity index (χ4n) is 2.16. The molecule has 2 rings (SSSR count). The summed E-state index contributed by atoms with van der Waals surface area (Å²) in [5, 5.41) is 12.8. The quantitative estimate of drug-likeness (QED) is 0.771. The Morgan fingerprint density at radius 1 is 1.33 bits per heavy atom. The molecule has 1 aromatic carbocycles. The molecule has 1 aliphatic heterocycles. The maximum atomic E-state index is 9.34. The average molecular weight is 249 g/mol. The van der Waals surface area contributed by atoms with Crippen molar-refractivity contribution in [1.82, 2.24) is 5.32 Å². The normalized spacial score (nSPS) is 19.2. The lowest BCUT2D eigenvalue weighted by Gasteiger charge is -2.40. The molecule has 0 aromatic heterocycles. The molecule has 100 valence electrons. The van der Waals surface area contributed by atoms with E-state index in [2.05, 4.69) is 36.5 Å². The van der Waals surface area contributed by atoms with Gasteiger partial charge in [0.2, 0.25) is 0 Å². The molecule has 2 N–H and O–H groups in total. The van der Waals surface area contributed by atoms with E-state index in [1.54, 1.807) is 0 Å². The number of hydrogen-bond donors (Lipinski definition) is 2. The molecule has 1 aliphatic rings. The Kier molecular flexibility index (Phi) is 4.75. The highest BCUT2D eigenvalue weighted by Gasteiger charge is 2.37. The summed E-state index contributed by atoms with van der Waals surface area (Å²) in [4.78, 5) is 0. The zero-order chi connectivity index (χ0) is 12.8. The molecule has 0 aliphatic carbocycles. The van der Waals surface area contributed by atoms with Crippen molar-refractivity contribution in [3.8, 4) is 0 Å². The minimum Gasteiger partial charge on any atom is -0.396 e. The van der Waals surface area contributed by atoms with Gasteiger partial charge < -0.3 is 15.2 Å². The summed E-state index contributed by atoms with van der Waals surface area (Å²) in [7, 11) is 0. The monoisotopic (exact) mass is 249 g/mol. The smallest absolute Gasteiger partial charge is 0.0579 e. The Morgan fingerprint density at radius 3 is 2.61 bits per heavy atom. The minimum absolute atomic E-state index is 0.0268. The van der Waals surface area contributed by atoms with Crippen LogP contribution in [0.2, 0.25) is 0 Å². The van der Waals surface area contributed by atoms with E-state index in [1.165, 1.54) is 5.56 Å². The summed E-state index contributed by atoms with van der Waals surface area (Å²) >= 11 is 0. The van der Waals surface area contributed by atoms with Crippen LogP contribution in [0.25, 0.3) is 0 Å². The summed E-state index contributed by atoms with van der Waals surface area (Å²) in [6, 6.07) is 11.0. The molecular formula is C15H23NO2. The van der Waals surface area contributed by atoms with Crippen LogP contribution in [0.15, 0.2) is 30.3 Å². The number of rotatable bonds is 7. The Bertz CT molecular complexity index is 343. The first kappa shape index (κ1) is 13.5. The van der Waals surface area contributed by atoms with Gasteiger partial charge in [-0.2, -0.15) is 0 Å². The molecule has 0 saturated carbocycles. The van der Waals surface area contributed by atoms with Gasteiger partial charge in [-0.05, 0) is 25.3 Å². The molecule has 1 saturated heterocycles. The van der Waals surface area contributed by atoms with Gasteiger partial charge in [0, 0.05) is 12.6 Å². The van der Waals surface area contributed by atoms with Gasteiger partial charge in [-0.1, -0.05) is 30.3 Å². The molecule has 1 fully saturated rings. The summed E-state index contributed by atoms with van der Waals surface area (Å²) in [5.41, 5.74) is 1.36. The van der Waals surface area contributed by atoms with E-state index in [0.29, 0.717) is 19.3 Å². The third kappa shape index (κ3) is 3.55. The van der Waals surface area contributed by atoms with E-state index in [4.69, 9.17) is 4.74 Å². The number of aliphatic hydroxyl groups excluding tert-OH is 1. The number of hydrogen-bond acceptors (Lipinski definition) is 3. The second kappa shape index (κ2) is 6.32. The highest BCUT2D eigenvalue weighted by atomic mass is 16.5. The molecular weight excluding hydrogens is 226 g/mol. The molecule has 0 bridgehead atoms. The first-order valence-corrected chi connectivity index (χ1v) is 6.70. The van der Waals surface area contributed by atoms with Gasteiger partial charge in [-0.25, -0.2) is 0 Å². The van der Waals surface area contributed by atoms with Crippen LogP contribution in [0.3, 0.4) is 0 Å². The third-order valence-corrected chi connectivity index (χ3v) is 3.69. The Balaban J connectivity index is 1.67. The molecule has 3 heteroatoms. The van der Waals surface area contributed by atoms with Crippen LogP contribution in [0.1, 0.15) is 18.9 Å². The molecule has 1 atom stereocenters. The van der Waals surface area contributed by atoms with E-state index < -0.39 is 0 Å². The predicted molar refractivity (Wildman–Crippen MR) is 72.6 cm³/mol. The van der Waals surface area contributed by atoms with E-state index in [9.17, 15) is 5.11 Å². The van der Waals surface area contributed by atoms with E-state index in [1.807, 2.05) is 6.07 Å². The zero-order valence-electron chi connectivity index (χ0n) is 11.1. The first-order valence-electron chi connectivity index (χ1n) is 6.70.